The second-order valence-electron chi connectivity index (χ2n) is 2.12. The van der Waals surface area contributed by atoms with Gasteiger partial charge in [-0.3, -0.25) is 12.4 Å². The number of rotatable bonds is 0. The molecule has 0 amide bonds. The molecular weight excluding hydrogens is 242 g/mol. The van der Waals surface area contributed by atoms with Gasteiger partial charge in [-0.15, -0.1) is 5.10 Å². The number of aromatic nitrogens is 3. The minimum atomic E-state index is -2.92. The van der Waals surface area contributed by atoms with Gasteiger partial charge in [0.15, 0.2) is 0 Å². The van der Waals surface area contributed by atoms with E-state index in [4.69, 9.17) is 15.1 Å². The van der Waals surface area contributed by atoms with Crippen LogP contribution < -0.4 is 104 Å². The summed E-state index contributed by atoms with van der Waals surface area (Å²) in [6, 6.07) is 7.74. The molecule has 0 aliphatic heterocycles. The molecule has 0 saturated carbocycles. The van der Waals surface area contributed by atoms with Gasteiger partial charge in [-0.2, -0.15) is 0 Å². The Morgan fingerprint density at radius 3 is 2.00 bits per heavy atom. The van der Waals surface area contributed by atoms with E-state index in [2.05, 4.69) is 15.4 Å². The molecule has 68 valence electrons. The van der Waals surface area contributed by atoms with E-state index in [1.54, 1.807) is 0 Å². The predicted molar refractivity (Wildman–Crippen MR) is 39.6 cm³/mol. The van der Waals surface area contributed by atoms with E-state index in [0.29, 0.717) is 0 Å². The molecule has 0 atom stereocenters. The molecule has 0 radical (unpaired) electrons. The minimum absolute atomic E-state index is 0. The summed E-state index contributed by atoms with van der Waals surface area (Å²) in [5, 5.41) is 35.4. The molecule has 2 aromatic rings. The first-order valence-electron chi connectivity index (χ1n) is 3.43. The maximum absolute atomic E-state index is 8.42. The van der Waals surface area contributed by atoms with Gasteiger partial charge in [-0.1, -0.05) is 17.3 Å². The molecule has 0 aliphatic carbocycles. The Kier molecular flexibility index (Phi) is 18.5. The van der Waals surface area contributed by atoms with Crippen molar-refractivity contribution in [3.8, 4) is 0 Å². The Labute approximate surface area is 159 Å². The fraction of sp³-hybridized carbons (Fsp3) is 0. The largest absolute Gasteiger partial charge is 1.00 e. The van der Waals surface area contributed by atoms with E-state index in [0.717, 1.165) is 11.0 Å². The Morgan fingerprint density at radius 2 is 1.50 bits per heavy atom. The topological polar surface area (TPSA) is 111 Å². The third-order valence-corrected chi connectivity index (χ3v) is 1.23. The molecule has 6 nitrogen and oxygen atoms in total. The van der Waals surface area contributed by atoms with Crippen molar-refractivity contribution in [1.82, 2.24) is 15.4 Å². The van der Waals surface area contributed by atoms with Crippen LogP contribution in [-0.2, 0) is 0 Å². The van der Waals surface area contributed by atoms with Gasteiger partial charge in [0.2, 0.25) is 0 Å². The molecule has 1 heterocycles. The standard InChI is InChI=1S/C6H5N3.BO3.3Na/c1-2-4-6-5(3-1)7-9-8-6;2-1(3)4;;;/h1-4H,(H,7,8,9);;;;/q;-3;3*+1. The SMILES string of the molecule is [Na+].[Na+].[Na+].[O-]B([O-])[O-].c1ccc2[nH]nnc2c1. The molecule has 0 fully saturated rings. The summed E-state index contributed by atoms with van der Waals surface area (Å²) >= 11 is 0. The molecule has 0 aliphatic rings. The van der Waals surface area contributed by atoms with Gasteiger partial charge in [0.05, 0.1) is 5.52 Å². The Morgan fingerprint density at radius 1 is 1.00 bits per heavy atom. The first-order chi connectivity index (χ1) is 6.20. The van der Waals surface area contributed by atoms with Crippen molar-refractivity contribution >= 4 is 18.4 Å². The summed E-state index contributed by atoms with van der Waals surface area (Å²) in [6.07, 6.45) is 0. The number of nitrogens with zero attached hydrogens (tertiary/aromatic N) is 2. The Balaban J connectivity index is -0.000000218. The van der Waals surface area contributed by atoms with Crippen LogP contribution in [0.2, 0.25) is 0 Å². The zero-order valence-electron chi connectivity index (χ0n) is 9.51. The first kappa shape index (κ1) is 22.7. The fourth-order valence-corrected chi connectivity index (χ4v) is 0.788. The third kappa shape index (κ3) is 9.58. The number of para-hydroxylation sites is 1. The average molecular weight is 247 g/mol. The summed E-state index contributed by atoms with van der Waals surface area (Å²) in [5.41, 5.74) is 1.90. The number of fused-ring (bicyclic) bond motifs is 1. The quantitative estimate of drug-likeness (QED) is 0.464. The van der Waals surface area contributed by atoms with Gasteiger partial charge in [0.1, 0.15) is 5.52 Å². The van der Waals surface area contributed by atoms with Crippen molar-refractivity contribution in [2.45, 2.75) is 0 Å². The smallest absolute Gasteiger partial charge is 0.907 e. The Bertz CT molecular complexity index is 343. The molecule has 0 spiro atoms. The minimum Gasteiger partial charge on any atom is -0.907 e. The van der Waals surface area contributed by atoms with Crippen molar-refractivity contribution in [2.75, 3.05) is 0 Å². The van der Waals surface area contributed by atoms with Gasteiger partial charge < -0.3 is 15.1 Å². The number of aromatic amines is 1. The molecule has 0 saturated heterocycles. The van der Waals surface area contributed by atoms with E-state index in [-0.39, 0.29) is 88.7 Å². The molecule has 10 heteroatoms. The molecule has 0 unspecified atom stereocenters. The van der Waals surface area contributed by atoms with Crippen molar-refractivity contribution in [1.29, 1.82) is 0 Å². The van der Waals surface area contributed by atoms with Crippen molar-refractivity contribution in [3.63, 3.8) is 0 Å². The number of H-pyrrole nitrogens is 1. The van der Waals surface area contributed by atoms with Crippen LogP contribution in [0.5, 0.6) is 0 Å². The maximum Gasteiger partial charge on any atom is 1.00 e. The second kappa shape index (κ2) is 13.0. The number of nitrogens with one attached hydrogen (secondary N) is 1. The molecule has 16 heavy (non-hydrogen) atoms. The van der Waals surface area contributed by atoms with E-state index in [9.17, 15) is 0 Å². The normalized spacial score (nSPS) is 7.44. The van der Waals surface area contributed by atoms with Crippen LogP contribution in [-0.4, -0.2) is 22.7 Å². The van der Waals surface area contributed by atoms with E-state index in [1.807, 2.05) is 24.3 Å². The van der Waals surface area contributed by atoms with Gasteiger partial charge in [0, 0.05) is 0 Å². The number of hydrogen-bond donors (Lipinski definition) is 1. The average Bonchev–Trinajstić information content (AvgIpc) is 2.49. The van der Waals surface area contributed by atoms with Crippen LogP contribution in [0, 0.1) is 0 Å². The fourth-order valence-electron chi connectivity index (χ4n) is 0.788. The van der Waals surface area contributed by atoms with E-state index < -0.39 is 7.32 Å². The van der Waals surface area contributed by atoms with Crippen LogP contribution in [0.1, 0.15) is 0 Å². The maximum atomic E-state index is 8.42. The van der Waals surface area contributed by atoms with Gasteiger partial charge in [-0.25, -0.2) is 0 Å². The molecule has 2 rings (SSSR count). The number of hydrogen-bond acceptors (Lipinski definition) is 5. The number of benzene rings is 1. The van der Waals surface area contributed by atoms with Crippen molar-refractivity contribution < 1.29 is 104 Å². The zero-order valence-corrected chi connectivity index (χ0v) is 15.5. The van der Waals surface area contributed by atoms with Crippen molar-refractivity contribution in [3.05, 3.63) is 24.3 Å². The van der Waals surface area contributed by atoms with Gasteiger partial charge in [0.25, 0.3) is 0 Å². The van der Waals surface area contributed by atoms with Crippen LogP contribution >= 0.6 is 0 Å². The van der Waals surface area contributed by atoms with Gasteiger partial charge >= 0.3 is 88.7 Å². The monoisotopic (exact) mass is 247 g/mol. The third-order valence-electron chi connectivity index (χ3n) is 1.23. The van der Waals surface area contributed by atoms with Crippen LogP contribution in [0.15, 0.2) is 24.3 Å². The van der Waals surface area contributed by atoms with Crippen LogP contribution in [0.4, 0.5) is 0 Å². The van der Waals surface area contributed by atoms with E-state index >= 15 is 0 Å². The molecule has 1 aromatic heterocycles. The molecule has 1 N–H and O–H groups in total. The van der Waals surface area contributed by atoms with E-state index in [1.165, 1.54) is 0 Å². The summed E-state index contributed by atoms with van der Waals surface area (Å²) in [7, 11) is -2.92. The summed E-state index contributed by atoms with van der Waals surface area (Å²) in [5.74, 6) is 0. The predicted octanol–water partition coefficient (Wildman–Crippen LogP) is -12.0. The first-order valence-corrected chi connectivity index (χ1v) is 3.43. The summed E-state index contributed by atoms with van der Waals surface area (Å²) in [6.45, 7) is 0. The molecule has 0 bridgehead atoms. The van der Waals surface area contributed by atoms with Crippen LogP contribution in [0.25, 0.3) is 11.0 Å². The zero-order chi connectivity index (χ0) is 9.68. The molecular formula is C6H5BN3Na3O3. The van der Waals surface area contributed by atoms with Crippen molar-refractivity contribution in [2.24, 2.45) is 0 Å². The Hall–Kier alpha value is 1.56. The van der Waals surface area contributed by atoms with Gasteiger partial charge in [-0.05, 0) is 12.1 Å². The van der Waals surface area contributed by atoms with Crippen LogP contribution in [0.3, 0.4) is 0 Å². The summed E-state index contributed by atoms with van der Waals surface area (Å²) < 4.78 is 0. The second-order valence-corrected chi connectivity index (χ2v) is 2.12. The molecule has 1 aromatic carbocycles. The summed E-state index contributed by atoms with van der Waals surface area (Å²) in [4.78, 5) is 0.